The van der Waals surface area contributed by atoms with E-state index in [9.17, 15) is 5.11 Å². The number of hydrogen-bond acceptors (Lipinski definition) is 2. The van der Waals surface area contributed by atoms with Crippen LogP contribution in [-0.2, 0) is 0 Å². The number of aliphatic hydroxyl groups is 1. The van der Waals surface area contributed by atoms with Crippen LogP contribution in [0.1, 0.15) is 32.4 Å². The van der Waals surface area contributed by atoms with Crippen LogP contribution in [0.15, 0.2) is 27.1 Å². The Kier molecular flexibility index (Phi) is 6.68. The molecule has 98 valence electrons. The molecule has 17 heavy (non-hydrogen) atoms. The summed E-state index contributed by atoms with van der Waals surface area (Å²) in [6.45, 7) is 5.93. The van der Waals surface area contributed by atoms with Gasteiger partial charge in [0, 0.05) is 8.95 Å². The van der Waals surface area contributed by atoms with E-state index in [2.05, 4.69) is 31.9 Å². The summed E-state index contributed by atoms with van der Waals surface area (Å²) < 4.78 is 1.93. The lowest BCUT2D eigenvalue weighted by atomic mass is 9.82. The van der Waals surface area contributed by atoms with Crippen LogP contribution < -0.4 is 5.73 Å². The Morgan fingerprint density at radius 1 is 1.18 bits per heavy atom. The zero-order chi connectivity index (χ0) is 12.5. The van der Waals surface area contributed by atoms with Gasteiger partial charge in [0.1, 0.15) is 0 Å². The molecule has 0 saturated carbocycles. The van der Waals surface area contributed by atoms with E-state index in [-0.39, 0.29) is 23.9 Å². The highest BCUT2D eigenvalue weighted by atomic mass is 79.9. The first-order chi connectivity index (χ1) is 7.23. The molecule has 1 rings (SSSR count). The average molecular weight is 388 g/mol. The van der Waals surface area contributed by atoms with Crippen molar-refractivity contribution in [3.8, 4) is 0 Å². The molecular formula is C12H18Br2ClNO. The second kappa shape index (κ2) is 6.53. The topological polar surface area (TPSA) is 46.2 Å². The summed E-state index contributed by atoms with van der Waals surface area (Å²) in [4.78, 5) is 0. The van der Waals surface area contributed by atoms with Crippen molar-refractivity contribution in [1.82, 2.24) is 0 Å². The van der Waals surface area contributed by atoms with Crippen molar-refractivity contribution in [2.24, 2.45) is 11.1 Å². The lowest BCUT2D eigenvalue weighted by molar-refractivity contribution is 0.0401. The van der Waals surface area contributed by atoms with Crippen LogP contribution in [0.4, 0.5) is 0 Å². The first-order valence-electron chi connectivity index (χ1n) is 5.12. The summed E-state index contributed by atoms with van der Waals surface area (Å²) in [5.41, 5.74) is 6.76. The van der Waals surface area contributed by atoms with Gasteiger partial charge in [0.15, 0.2) is 0 Å². The Labute approximate surface area is 126 Å². The molecule has 0 spiro atoms. The first kappa shape index (κ1) is 17.4. The minimum absolute atomic E-state index is 0. The second-order valence-corrected chi connectivity index (χ2v) is 6.72. The van der Waals surface area contributed by atoms with E-state index in [1.54, 1.807) is 0 Å². The second-order valence-electron chi connectivity index (χ2n) is 5.01. The number of hydrogen-bond donors (Lipinski definition) is 2. The van der Waals surface area contributed by atoms with Gasteiger partial charge >= 0.3 is 0 Å². The molecule has 1 aromatic carbocycles. The molecule has 3 N–H and O–H groups in total. The Hall–Kier alpha value is 0.390. The molecule has 0 aliphatic heterocycles. The maximum Gasteiger partial charge on any atom is 0.0780 e. The molecule has 0 amide bonds. The van der Waals surface area contributed by atoms with Gasteiger partial charge in [0.05, 0.1) is 12.1 Å². The summed E-state index contributed by atoms with van der Waals surface area (Å²) in [5, 5.41) is 10.1. The third-order valence-corrected chi connectivity index (χ3v) is 4.44. The zero-order valence-corrected chi connectivity index (χ0v) is 14.1. The Bertz CT molecular complexity index is 379. The van der Waals surface area contributed by atoms with Gasteiger partial charge in [0.2, 0.25) is 0 Å². The van der Waals surface area contributed by atoms with Gasteiger partial charge in [-0.1, -0.05) is 26.8 Å². The molecule has 0 aromatic heterocycles. The van der Waals surface area contributed by atoms with E-state index in [0.717, 1.165) is 14.5 Å². The standard InChI is InChI=1S/C12H17Br2NO.ClH/c1-12(2,3)11(16)10(15)7-4-5-8(13)9(14)6-7;/h4-6,10-11,16H,15H2,1-3H3;1H/t10-,11-;/m1./s1. The fourth-order valence-electron chi connectivity index (χ4n) is 1.44. The predicted octanol–water partition coefficient (Wildman–Crippen LogP) is 4.04. The molecule has 2 atom stereocenters. The molecule has 0 aliphatic carbocycles. The molecule has 0 fully saturated rings. The van der Waals surface area contributed by atoms with Crippen LogP contribution in [0.2, 0.25) is 0 Å². The number of halogens is 3. The van der Waals surface area contributed by atoms with Crippen molar-refractivity contribution >= 4 is 44.3 Å². The summed E-state index contributed by atoms with van der Waals surface area (Å²) in [7, 11) is 0. The average Bonchev–Trinajstić information content (AvgIpc) is 2.18. The Balaban J connectivity index is 0.00000256. The lowest BCUT2D eigenvalue weighted by Gasteiger charge is -2.31. The Morgan fingerprint density at radius 3 is 2.12 bits per heavy atom. The summed E-state index contributed by atoms with van der Waals surface area (Å²) in [6, 6.07) is 5.41. The van der Waals surface area contributed by atoms with Crippen molar-refractivity contribution in [3.05, 3.63) is 32.7 Å². The van der Waals surface area contributed by atoms with Crippen molar-refractivity contribution in [3.63, 3.8) is 0 Å². The summed E-state index contributed by atoms with van der Waals surface area (Å²) in [6.07, 6.45) is -0.569. The van der Waals surface area contributed by atoms with E-state index in [1.165, 1.54) is 0 Å². The fourth-order valence-corrected chi connectivity index (χ4v) is 2.08. The van der Waals surface area contributed by atoms with Crippen LogP contribution in [0.25, 0.3) is 0 Å². The molecule has 0 radical (unpaired) electrons. The SMILES string of the molecule is CC(C)(C)[C@H](O)[C@H](N)c1ccc(Br)c(Br)c1.Cl. The van der Waals surface area contributed by atoms with Gasteiger partial charge in [0.25, 0.3) is 0 Å². The van der Waals surface area contributed by atoms with E-state index in [4.69, 9.17) is 5.73 Å². The lowest BCUT2D eigenvalue weighted by Crippen LogP contribution is -2.36. The van der Waals surface area contributed by atoms with Crippen molar-refractivity contribution < 1.29 is 5.11 Å². The van der Waals surface area contributed by atoms with E-state index >= 15 is 0 Å². The van der Waals surface area contributed by atoms with Crippen LogP contribution in [0.5, 0.6) is 0 Å². The molecule has 0 bridgehead atoms. The molecular weight excluding hydrogens is 369 g/mol. The Morgan fingerprint density at radius 2 is 1.71 bits per heavy atom. The van der Waals surface area contributed by atoms with Gasteiger partial charge in [-0.05, 0) is 55.0 Å². The van der Waals surface area contributed by atoms with Gasteiger partial charge in [-0.2, -0.15) is 0 Å². The third kappa shape index (κ3) is 4.52. The highest BCUT2D eigenvalue weighted by Gasteiger charge is 2.29. The van der Waals surface area contributed by atoms with Crippen molar-refractivity contribution in [2.45, 2.75) is 32.9 Å². The summed E-state index contributed by atoms with van der Waals surface area (Å²) >= 11 is 6.83. The normalized spacial score (nSPS) is 15.0. The van der Waals surface area contributed by atoms with Crippen molar-refractivity contribution in [1.29, 1.82) is 0 Å². The molecule has 0 aliphatic rings. The van der Waals surface area contributed by atoms with Crippen LogP contribution in [0, 0.1) is 5.41 Å². The van der Waals surface area contributed by atoms with Crippen LogP contribution in [-0.4, -0.2) is 11.2 Å². The largest absolute Gasteiger partial charge is 0.391 e. The molecule has 0 saturated heterocycles. The van der Waals surface area contributed by atoms with E-state index < -0.39 is 6.10 Å². The minimum Gasteiger partial charge on any atom is -0.391 e. The van der Waals surface area contributed by atoms with E-state index in [0.29, 0.717) is 0 Å². The molecule has 5 heteroatoms. The zero-order valence-electron chi connectivity index (χ0n) is 10.1. The highest BCUT2D eigenvalue weighted by molar-refractivity contribution is 9.13. The predicted molar refractivity (Wildman–Crippen MR) is 81.5 cm³/mol. The molecule has 2 nitrogen and oxygen atoms in total. The number of rotatable bonds is 2. The number of benzene rings is 1. The number of aliphatic hydroxyl groups excluding tert-OH is 1. The maximum absolute atomic E-state index is 10.1. The van der Waals surface area contributed by atoms with Crippen LogP contribution in [0.3, 0.4) is 0 Å². The van der Waals surface area contributed by atoms with E-state index in [1.807, 2.05) is 39.0 Å². The maximum atomic E-state index is 10.1. The first-order valence-corrected chi connectivity index (χ1v) is 6.70. The third-order valence-electron chi connectivity index (χ3n) is 2.56. The highest BCUT2D eigenvalue weighted by Crippen LogP contribution is 2.31. The smallest absolute Gasteiger partial charge is 0.0780 e. The van der Waals surface area contributed by atoms with Gasteiger partial charge in [-0.3, -0.25) is 0 Å². The minimum atomic E-state index is -0.569. The molecule has 1 aromatic rings. The van der Waals surface area contributed by atoms with Gasteiger partial charge in [-0.15, -0.1) is 12.4 Å². The van der Waals surface area contributed by atoms with Gasteiger partial charge in [-0.25, -0.2) is 0 Å². The molecule has 0 heterocycles. The van der Waals surface area contributed by atoms with Crippen LogP contribution >= 0.6 is 44.3 Å². The monoisotopic (exact) mass is 385 g/mol. The summed E-state index contributed by atoms with van der Waals surface area (Å²) in [5.74, 6) is 0. The fraction of sp³-hybridized carbons (Fsp3) is 0.500. The molecule has 0 unspecified atom stereocenters. The van der Waals surface area contributed by atoms with Gasteiger partial charge < -0.3 is 10.8 Å². The van der Waals surface area contributed by atoms with Crippen molar-refractivity contribution in [2.75, 3.05) is 0 Å². The quantitative estimate of drug-likeness (QED) is 0.804. The number of nitrogens with two attached hydrogens (primary N) is 1.